The summed E-state index contributed by atoms with van der Waals surface area (Å²) >= 11 is 0. The molecule has 3 nitrogen and oxygen atoms in total. The van der Waals surface area contributed by atoms with E-state index < -0.39 is 0 Å². The van der Waals surface area contributed by atoms with E-state index in [0.717, 1.165) is 37.2 Å². The van der Waals surface area contributed by atoms with Crippen LogP contribution in [-0.4, -0.2) is 37.5 Å². The van der Waals surface area contributed by atoms with Crippen LogP contribution in [0.1, 0.15) is 25.3 Å². The molecule has 122 valence electrons. The van der Waals surface area contributed by atoms with Crippen LogP contribution in [-0.2, 0) is 4.79 Å². The van der Waals surface area contributed by atoms with Gasteiger partial charge in [-0.3, -0.25) is 4.79 Å². The van der Waals surface area contributed by atoms with Gasteiger partial charge < -0.3 is 10.2 Å². The smallest absolute Gasteiger partial charge is 0.246 e. The van der Waals surface area contributed by atoms with Crippen LogP contribution in [0.25, 0.3) is 5.57 Å². The highest BCUT2D eigenvalue weighted by molar-refractivity contribution is 5.94. The van der Waals surface area contributed by atoms with E-state index in [9.17, 15) is 9.18 Å². The maximum atomic E-state index is 12.9. The van der Waals surface area contributed by atoms with Crippen LogP contribution in [0.5, 0.6) is 0 Å². The van der Waals surface area contributed by atoms with E-state index in [4.69, 9.17) is 0 Å². The van der Waals surface area contributed by atoms with E-state index in [1.807, 2.05) is 18.9 Å². The standard InChI is InChI=1S/C17H23FN2O.ClH/c1-13(15-5-7-16(18)8-6-15)10-17(21)20-9-3-4-14(12-20)11-19-2;/h5-8,10,14,19H,3-4,9,11-12H2,1-2H3;1H. The maximum absolute atomic E-state index is 12.9. The molecule has 1 fully saturated rings. The fourth-order valence-corrected chi connectivity index (χ4v) is 2.79. The molecule has 1 heterocycles. The third-order valence-electron chi connectivity index (χ3n) is 3.96. The number of likely N-dealkylation sites (tertiary alicyclic amines) is 1. The molecule has 0 spiro atoms. The van der Waals surface area contributed by atoms with Gasteiger partial charge >= 0.3 is 0 Å². The summed E-state index contributed by atoms with van der Waals surface area (Å²) < 4.78 is 12.9. The van der Waals surface area contributed by atoms with Crippen molar-refractivity contribution in [2.75, 3.05) is 26.7 Å². The molecule has 0 saturated carbocycles. The monoisotopic (exact) mass is 326 g/mol. The molecular formula is C17H24ClFN2O. The molecule has 1 aromatic rings. The Morgan fingerprint density at radius 1 is 1.41 bits per heavy atom. The minimum absolute atomic E-state index is 0. The lowest BCUT2D eigenvalue weighted by atomic mass is 9.97. The number of carbonyl (C=O) groups excluding carboxylic acids is 1. The summed E-state index contributed by atoms with van der Waals surface area (Å²) in [6.07, 6.45) is 3.89. The molecular weight excluding hydrogens is 303 g/mol. The van der Waals surface area contributed by atoms with E-state index in [-0.39, 0.29) is 24.1 Å². The van der Waals surface area contributed by atoms with Crippen molar-refractivity contribution in [3.8, 4) is 0 Å². The molecule has 0 radical (unpaired) electrons. The minimum Gasteiger partial charge on any atom is -0.339 e. The third-order valence-corrected chi connectivity index (χ3v) is 3.96. The van der Waals surface area contributed by atoms with Crippen LogP contribution < -0.4 is 5.32 Å². The highest BCUT2D eigenvalue weighted by Crippen LogP contribution is 2.18. The highest BCUT2D eigenvalue weighted by atomic mass is 35.5. The molecule has 1 aliphatic heterocycles. The SMILES string of the molecule is CNCC1CCCN(C(=O)C=C(C)c2ccc(F)cc2)C1.Cl. The topological polar surface area (TPSA) is 32.3 Å². The van der Waals surface area contributed by atoms with Gasteiger partial charge in [0.1, 0.15) is 5.82 Å². The summed E-state index contributed by atoms with van der Waals surface area (Å²) in [5.74, 6) is 0.327. The second kappa shape index (κ2) is 8.91. The number of hydrogen-bond acceptors (Lipinski definition) is 2. The van der Waals surface area contributed by atoms with Gasteiger partial charge in [-0.1, -0.05) is 12.1 Å². The van der Waals surface area contributed by atoms with Crippen molar-refractivity contribution in [3.63, 3.8) is 0 Å². The Labute approximate surface area is 138 Å². The number of allylic oxidation sites excluding steroid dienone is 1. The molecule has 1 aromatic carbocycles. The van der Waals surface area contributed by atoms with E-state index in [1.165, 1.54) is 18.6 Å². The molecule has 0 aromatic heterocycles. The zero-order valence-electron chi connectivity index (χ0n) is 13.1. The molecule has 2 rings (SSSR count). The van der Waals surface area contributed by atoms with Gasteiger partial charge in [-0.05, 0) is 62.5 Å². The Morgan fingerprint density at radius 3 is 2.73 bits per heavy atom. The number of carbonyl (C=O) groups is 1. The zero-order valence-corrected chi connectivity index (χ0v) is 14.0. The summed E-state index contributed by atoms with van der Waals surface area (Å²) in [7, 11) is 1.94. The number of halogens is 2. The van der Waals surface area contributed by atoms with Crippen LogP contribution in [0, 0.1) is 11.7 Å². The average Bonchev–Trinajstić information content (AvgIpc) is 2.48. The number of nitrogens with one attached hydrogen (secondary N) is 1. The first-order chi connectivity index (χ1) is 10.1. The first-order valence-corrected chi connectivity index (χ1v) is 7.48. The Balaban J connectivity index is 0.00000242. The van der Waals surface area contributed by atoms with Crippen molar-refractivity contribution < 1.29 is 9.18 Å². The fourth-order valence-electron chi connectivity index (χ4n) is 2.79. The van der Waals surface area contributed by atoms with Crippen LogP contribution in [0.3, 0.4) is 0 Å². The van der Waals surface area contributed by atoms with Crippen molar-refractivity contribution in [1.29, 1.82) is 0 Å². The van der Waals surface area contributed by atoms with Crippen molar-refractivity contribution >= 4 is 23.9 Å². The number of hydrogen-bond donors (Lipinski definition) is 1. The number of nitrogens with zero attached hydrogens (tertiary/aromatic N) is 1. The Hall–Kier alpha value is -1.39. The zero-order chi connectivity index (χ0) is 15.2. The van der Waals surface area contributed by atoms with Crippen LogP contribution >= 0.6 is 12.4 Å². The van der Waals surface area contributed by atoms with Crippen molar-refractivity contribution in [2.24, 2.45) is 5.92 Å². The molecule has 22 heavy (non-hydrogen) atoms. The summed E-state index contributed by atoms with van der Waals surface area (Å²) in [4.78, 5) is 14.3. The van der Waals surface area contributed by atoms with Gasteiger partial charge in [0.2, 0.25) is 5.91 Å². The number of amides is 1. The van der Waals surface area contributed by atoms with E-state index in [0.29, 0.717) is 5.92 Å². The summed E-state index contributed by atoms with van der Waals surface area (Å²) in [6, 6.07) is 6.24. The summed E-state index contributed by atoms with van der Waals surface area (Å²) in [5.41, 5.74) is 1.75. The lowest BCUT2D eigenvalue weighted by Crippen LogP contribution is -2.41. The lowest BCUT2D eigenvalue weighted by molar-refractivity contribution is -0.127. The predicted molar refractivity (Wildman–Crippen MR) is 90.5 cm³/mol. The van der Waals surface area contributed by atoms with E-state index in [2.05, 4.69) is 5.32 Å². The first kappa shape index (κ1) is 18.7. The lowest BCUT2D eigenvalue weighted by Gasteiger charge is -2.32. The van der Waals surface area contributed by atoms with Gasteiger partial charge in [0.15, 0.2) is 0 Å². The first-order valence-electron chi connectivity index (χ1n) is 7.48. The van der Waals surface area contributed by atoms with E-state index >= 15 is 0 Å². The van der Waals surface area contributed by atoms with Gasteiger partial charge in [-0.15, -0.1) is 12.4 Å². The van der Waals surface area contributed by atoms with Crippen molar-refractivity contribution in [3.05, 3.63) is 41.7 Å². The molecule has 1 atom stereocenters. The summed E-state index contributed by atoms with van der Waals surface area (Å²) in [6.45, 7) is 4.48. The molecule has 5 heteroatoms. The van der Waals surface area contributed by atoms with Crippen molar-refractivity contribution in [2.45, 2.75) is 19.8 Å². The highest BCUT2D eigenvalue weighted by Gasteiger charge is 2.22. The molecule has 0 bridgehead atoms. The quantitative estimate of drug-likeness (QED) is 0.862. The van der Waals surface area contributed by atoms with Gasteiger partial charge in [0.25, 0.3) is 0 Å². The fraction of sp³-hybridized carbons (Fsp3) is 0.471. The maximum Gasteiger partial charge on any atom is 0.246 e. The third kappa shape index (κ3) is 5.11. The number of benzene rings is 1. The molecule has 1 N–H and O–H groups in total. The van der Waals surface area contributed by atoms with Crippen LogP contribution in [0.4, 0.5) is 4.39 Å². The van der Waals surface area contributed by atoms with Gasteiger partial charge in [0, 0.05) is 19.2 Å². The molecule has 1 aliphatic rings. The van der Waals surface area contributed by atoms with Gasteiger partial charge in [-0.2, -0.15) is 0 Å². The molecule has 1 amide bonds. The second-order valence-electron chi connectivity index (χ2n) is 5.68. The average molecular weight is 327 g/mol. The second-order valence-corrected chi connectivity index (χ2v) is 5.68. The molecule has 0 aliphatic carbocycles. The normalized spacial score (nSPS) is 18.8. The largest absolute Gasteiger partial charge is 0.339 e. The summed E-state index contributed by atoms with van der Waals surface area (Å²) in [5, 5.41) is 3.18. The van der Waals surface area contributed by atoms with Crippen LogP contribution in [0.15, 0.2) is 30.3 Å². The predicted octanol–water partition coefficient (Wildman–Crippen LogP) is 3.11. The van der Waals surface area contributed by atoms with Crippen LogP contribution in [0.2, 0.25) is 0 Å². The Bertz CT molecular complexity index is 514. The van der Waals surface area contributed by atoms with Crippen molar-refractivity contribution in [1.82, 2.24) is 10.2 Å². The van der Waals surface area contributed by atoms with Gasteiger partial charge in [-0.25, -0.2) is 4.39 Å². The number of piperidine rings is 1. The molecule has 1 unspecified atom stereocenters. The molecule has 1 saturated heterocycles. The minimum atomic E-state index is -0.260. The van der Waals surface area contributed by atoms with E-state index in [1.54, 1.807) is 18.2 Å². The number of rotatable bonds is 4. The Kier molecular flexibility index (Phi) is 7.56. The Morgan fingerprint density at radius 2 is 2.09 bits per heavy atom. The van der Waals surface area contributed by atoms with Gasteiger partial charge in [0.05, 0.1) is 0 Å².